The number of aliphatic hydroxyl groups excluding tert-OH is 1. The van der Waals surface area contributed by atoms with Crippen LogP contribution >= 0.6 is 22.9 Å². The highest BCUT2D eigenvalue weighted by Crippen LogP contribution is 2.39. The minimum Gasteiger partial charge on any atom is -0.483 e. The molecule has 3 heterocycles. The normalized spacial score (nSPS) is 16.2. The number of methoxy groups -OCH3 is 1. The zero-order valence-electron chi connectivity index (χ0n) is 21.9. The number of anilines is 1. The first-order valence-corrected chi connectivity index (χ1v) is 13.9. The zero-order valence-corrected chi connectivity index (χ0v) is 23.5. The third-order valence-electron chi connectivity index (χ3n) is 6.36. The van der Waals surface area contributed by atoms with E-state index in [1.165, 1.54) is 43.1 Å². The average molecular weight is 613 g/mol. The number of aromatic nitrogens is 5. The van der Waals surface area contributed by atoms with Gasteiger partial charge < -0.3 is 24.1 Å². The van der Waals surface area contributed by atoms with Crippen molar-refractivity contribution in [3.05, 3.63) is 53.7 Å². The number of nitrogens with one attached hydrogen (secondary N) is 1. The average Bonchev–Trinajstić information content (AvgIpc) is 3.39. The van der Waals surface area contributed by atoms with Crippen LogP contribution in [0.5, 0.6) is 17.6 Å². The molecule has 12 nitrogen and oxygen atoms in total. The first-order chi connectivity index (χ1) is 20.4. The lowest BCUT2D eigenvalue weighted by atomic mass is 9.92. The minimum atomic E-state index is -0.724. The molecule has 0 spiro atoms. The molecule has 0 aliphatic heterocycles. The standard InChI is InChI=1S/C27H22ClFN6O6S/c1-38-23-12-30-24-15(6-13(28)7-18(24)34-23)25-35-17-8-16(29)21(9-22(17)42-25)40-19-2-3-20(19)41-27(37)33-14-10-31-26(32-11-14)39-5-4-36/h6-12,19-20,36H,2-5H2,1H3,(H,33,37). The van der Waals surface area contributed by atoms with Crippen LogP contribution in [0.4, 0.5) is 14.9 Å². The van der Waals surface area contributed by atoms with Crippen molar-refractivity contribution in [3.8, 4) is 28.2 Å². The summed E-state index contributed by atoms with van der Waals surface area (Å²) in [6.45, 7) is -0.116. The summed E-state index contributed by atoms with van der Waals surface area (Å²) in [5, 5.41) is 12.4. The van der Waals surface area contributed by atoms with Gasteiger partial charge in [-0.25, -0.2) is 34.1 Å². The van der Waals surface area contributed by atoms with Gasteiger partial charge in [-0.3, -0.25) is 5.32 Å². The van der Waals surface area contributed by atoms with Gasteiger partial charge in [0.15, 0.2) is 11.6 Å². The lowest BCUT2D eigenvalue weighted by molar-refractivity contribution is -0.0431. The second kappa shape index (κ2) is 11.8. The quantitative estimate of drug-likeness (QED) is 0.231. The lowest BCUT2D eigenvalue weighted by Crippen LogP contribution is -2.45. The molecule has 216 valence electrons. The molecular weight excluding hydrogens is 591 g/mol. The Bertz CT molecular complexity index is 1770. The van der Waals surface area contributed by atoms with Crippen molar-refractivity contribution in [2.75, 3.05) is 25.6 Å². The molecule has 1 amide bonds. The maximum atomic E-state index is 15.1. The van der Waals surface area contributed by atoms with Crippen molar-refractivity contribution in [3.63, 3.8) is 0 Å². The Hall–Kier alpha value is -4.40. The van der Waals surface area contributed by atoms with Crippen molar-refractivity contribution < 1.29 is 33.2 Å². The van der Waals surface area contributed by atoms with E-state index in [0.717, 1.165) is 0 Å². The highest BCUT2D eigenvalue weighted by molar-refractivity contribution is 7.21. The molecule has 2 N–H and O–H groups in total. The fourth-order valence-electron chi connectivity index (χ4n) is 4.22. The van der Waals surface area contributed by atoms with Crippen molar-refractivity contribution in [1.29, 1.82) is 0 Å². The molecule has 5 aromatic rings. The summed E-state index contributed by atoms with van der Waals surface area (Å²) in [5.74, 6) is -0.202. The fraction of sp³-hybridized carbons (Fsp3) is 0.259. The van der Waals surface area contributed by atoms with Crippen molar-refractivity contribution in [2.45, 2.75) is 25.0 Å². The first kappa shape index (κ1) is 27.8. The van der Waals surface area contributed by atoms with Gasteiger partial charge in [-0.1, -0.05) is 11.6 Å². The Morgan fingerprint density at radius 1 is 1.10 bits per heavy atom. The van der Waals surface area contributed by atoms with E-state index in [1.54, 1.807) is 18.2 Å². The monoisotopic (exact) mass is 612 g/mol. The second-order valence-electron chi connectivity index (χ2n) is 9.13. The fourth-order valence-corrected chi connectivity index (χ4v) is 5.42. The van der Waals surface area contributed by atoms with E-state index in [1.807, 2.05) is 0 Å². The van der Waals surface area contributed by atoms with Crippen LogP contribution in [0.1, 0.15) is 12.8 Å². The predicted molar refractivity (Wildman–Crippen MR) is 152 cm³/mol. The highest BCUT2D eigenvalue weighted by atomic mass is 35.5. The molecule has 1 aliphatic carbocycles. The highest BCUT2D eigenvalue weighted by Gasteiger charge is 2.37. The molecule has 0 radical (unpaired) electrons. The van der Waals surface area contributed by atoms with Gasteiger partial charge in [0.2, 0.25) is 5.88 Å². The summed E-state index contributed by atoms with van der Waals surface area (Å²) in [6.07, 6.45) is 3.53. The third-order valence-corrected chi connectivity index (χ3v) is 7.62. The molecule has 0 bridgehead atoms. The van der Waals surface area contributed by atoms with Crippen molar-refractivity contribution >= 4 is 56.0 Å². The number of fused-ring (bicyclic) bond motifs is 2. The molecule has 0 saturated heterocycles. The van der Waals surface area contributed by atoms with Gasteiger partial charge in [-0.05, 0) is 25.0 Å². The largest absolute Gasteiger partial charge is 0.483 e. The molecule has 2 aromatic carbocycles. The molecular formula is C27H22ClFN6O6S. The number of nitrogens with zero attached hydrogens (tertiary/aromatic N) is 5. The van der Waals surface area contributed by atoms with Gasteiger partial charge in [0.1, 0.15) is 23.8 Å². The van der Waals surface area contributed by atoms with Crippen LogP contribution < -0.4 is 19.5 Å². The number of carbonyl (C=O) groups is 1. The topological polar surface area (TPSA) is 151 Å². The van der Waals surface area contributed by atoms with Gasteiger partial charge in [0.25, 0.3) is 0 Å². The minimum absolute atomic E-state index is 0.0313. The van der Waals surface area contributed by atoms with Crippen LogP contribution in [-0.2, 0) is 4.74 Å². The van der Waals surface area contributed by atoms with Gasteiger partial charge in [0, 0.05) is 22.7 Å². The molecule has 1 fully saturated rings. The molecule has 1 saturated carbocycles. The molecule has 15 heteroatoms. The Balaban J connectivity index is 1.15. The maximum Gasteiger partial charge on any atom is 0.412 e. The van der Waals surface area contributed by atoms with Gasteiger partial charge in [-0.15, -0.1) is 11.3 Å². The van der Waals surface area contributed by atoms with Crippen molar-refractivity contribution in [1.82, 2.24) is 24.9 Å². The smallest absolute Gasteiger partial charge is 0.412 e. The van der Waals surface area contributed by atoms with Gasteiger partial charge in [-0.2, -0.15) is 0 Å². The van der Waals surface area contributed by atoms with E-state index in [4.69, 9.17) is 35.7 Å². The van der Waals surface area contributed by atoms with Crippen LogP contribution in [0.25, 0.3) is 31.8 Å². The number of hydrogen-bond acceptors (Lipinski definition) is 12. The summed E-state index contributed by atoms with van der Waals surface area (Å²) < 4.78 is 37.4. The van der Waals surface area contributed by atoms with Gasteiger partial charge >= 0.3 is 12.1 Å². The number of rotatable bonds is 9. The van der Waals surface area contributed by atoms with Crippen molar-refractivity contribution in [2.24, 2.45) is 0 Å². The van der Waals surface area contributed by atoms with E-state index >= 15 is 4.39 Å². The Morgan fingerprint density at radius 3 is 2.64 bits per heavy atom. The zero-order chi connectivity index (χ0) is 29.2. The molecule has 2 unspecified atom stereocenters. The van der Waals surface area contributed by atoms with Crippen LogP contribution in [0, 0.1) is 5.82 Å². The summed E-state index contributed by atoms with van der Waals surface area (Å²) in [6, 6.07) is 6.38. The summed E-state index contributed by atoms with van der Waals surface area (Å²) in [5.41, 5.74) is 2.53. The first-order valence-electron chi connectivity index (χ1n) is 12.7. The molecule has 3 aromatic heterocycles. The van der Waals surface area contributed by atoms with E-state index in [0.29, 0.717) is 61.3 Å². The Morgan fingerprint density at radius 2 is 1.90 bits per heavy atom. The summed E-state index contributed by atoms with van der Waals surface area (Å²) >= 11 is 7.68. The van der Waals surface area contributed by atoms with Crippen LogP contribution in [-0.4, -0.2) is 68.7 Å². The Kier molecular flexibility index (Phi) is 7.82. The number of amides is 1. The van der Waals surface area contributed by atoms with Crippen LogP contribution in [0.2, 0.25) is 5.02 Å². The number of ether oxygens (including phenoxy) is 4. The summed E-state index contributed by atoms with van der Waals surface area (Å²) in [7, 11) is 1.50. The maximum absolute atomic E-state index is 15.1. The lowest BCUT2D eigenvalue weighted by Gasteiger charge is -2.35. The van der Waals surface area contributed by atoms with Crippen LogP contribution in [0.15, 0.2) is 42.9 Å². The van der Waals surface area contributed by atoms with E-state index in [-0.39, 0.29) is 25.0 Å². The molecule has 2 atom stereocenters. The predicted octanol–water partition coefficient (Wildman–Crippen LogP) is 5.03. The molecule has 42 heavy (non-hydrogen) atoms. The molecule has 1 aliphatic rings. The van der Waals surface area contributed by atoms with E-state index < -0.39 is 24.1 Å². The van der Waals surface area contributed by atoms with E-state index in [2.05, 4.69) is 30.2 Å². The molecule has 6 rings (SSSR count). The Labute approximate surface area is 246 Å². The summed E-state index contributed by atoms with van der Waals surface area (Å²) in [4.78, 5) is 33.7. The third kappa shape index (κ3) is 5.82. The second-order valence-corrected chi connectivity index (χ2v) is 10.6. The van der Waals surface area contributed by atoms with Gasteiger partial charge in [0.05, 0.1) is 59.2 Å². The SMILES string of the molecule is COc1cnc2c(-c3nc4cc(F)c(OC5CCC5OC(=O)Nc5cnc(OCCO)nc5)cc4s3)cc(Cl)cc2n1. The number of halogens is 2. The number of hydrogen-bond donors (Lipinski definition) is 2. The number of aliphatic hydroxyl groups is 1. The number of benzene rings is 2. The number of thiazole rings is 1. The van der Waals surface area contributed by atoms with E-state index in [9.17, 15) is 4.79 Å². The number of carbonyl (C=O) groups excluding carboxylic acids is 1. The van der Waals surface area contributed by atoms with Crippen LogP contribution in [0.3, 0.4) is 0 Å².